The van der Waals surface area contributed by atoms with Gasteiger partial charge < -0.3 is 14.4 Å². The van der Waals surface area contributed by atoms with Gasteiger partial charge in [0.1, 0.15) is 0 Å². The van der Waals surface area contributed by atoms with Gasteiger partial charge in [-0.05, 0) is 43.6 Å². The summed E-state index contributed by atoms with van der Waals surface area (Å²) in [5, 5.41) is 0. The summed E-state index contributed by atoms with van der Waals surface area (Å²) in [5.74, 6) is 0.568. The minimum Gasteiger partial charge on any atom is -0.453 e. The molecule has 0 unspecified atom stereocenters. The zero-order valence-electron chi connectivity index (χ0n) is 16.5. The lowest BCUT2D eigenvalue weighted by molar-refractivity contribution is -0.00534. The Balaban J connectivity index is 1.55. The quantitative estimate of drug-likeness (QED) is 0.779. The molecule has 0 aromatic heterocycles. The first-order valence-corrected chi connectivity index (χ1v) is 11.7. The Morgan fingerprint density at radius 2 is 1.82 bits per heavy atom. The minimum absolute atomic E-state index is 0.138. The summed E-state index contributed by atoms with van der Waals surface area (Å²) in [6, 6.07) is 9.85. The van der Waals surface area contributed by atoms with E-state index in [9.17, 15) is 13.2 Å². The van der Waals surface area contributed by atoms with Gasteiger partial charge in [0.25, 0.3) is 0 Å². The molecule has 156 valence electrons. The summed E-state index contributed by atoms with van der Waals surface area (Å²) in [4.78, 5) is 13.6. The van der Waals surface area contributed by atoms with Gasteiger partial charge in [-0.2, -0.15) is 0 Å². The number of ether oxygens (including phenoxy) is 2. The van der Waals surface area contributed by atoms with Crippen LogP contribution in [-0.2, 0) is 19.5 Å². The summed E-state index contributed by atoms with van der Waals surface area (Å²) in [6.07, 6.45) is 5.46. The van der Waals surface area contributed by atoms with E-state index in [0.717, 1.165) is 31.9 Å². The Labute approximate surface area is 167 Å². The molecule has 3 rings (SSSR count). The molecule has 1 aromatic carbocycles. The van der Waals surface area contributed by atoms with Gasteiger partial charge in [0, 0.05) is 12.6 Å². The molecule has 0 bridgehead atoms. The third-order valence-electron chi connectivity index (χ3n) is 5.77. The second-order valence-corrected chi connectivity index (χ2v) is 9.51. The average molecular weight is 411 g/mol. The van der Waals surface area contributed by atoms with E-state index in [-0.39, 0.29) is 18.2 Å². The second-order valence-electron chi connectivity index (χ2n) is 7.73. The van der Waals surface area contributed by atoms with E-state index in [1.165, 1.54) is 12.7 Å². The topological polar surface area (TPSA) is 84.9 Å². The lowest BCUT2D eigenvalue weighted by Gasteiger charge is -2.32. The Morgan fingerprint density at radius 1 is 1.14 bits per heavy atom. The fourth-order valence-electron chi connectivity index (χ4n) is 4.34. The van der Waals surface area contributed by atoms with Crippen LogP contribution in [0.15, 0.2) is 30.3 Å². The maximum absolute atomic E-state index is 12.1. The minimum atomic E-state index is -3.36. The second kappa shape index (κ2) is 9.24. The molecule has 1 saturated heterocycles. The van der Waals surface area contributed by atoms with Gasteiger partial charge in [0.2, 0.25) is 10.0 Å². The normalized spacial score (nSPS) is 28.3. The number of carbonyl (C=O) groups is 1. The maximum Gasteiger partial charge on any atom is 0.409 e. The number of benzene rings is 1. The Hall–Kier alpha value is -1.64. The molecular formula is C20H30N2O5S. The molecule has 1 aliphatic carbocycles. The van der Waals surface area contributed by atoms with Gasteiger partial charge in [0.05, 0.1) is 32.1 Å². The van der Waals surface area contributed by atoms with Crippen LogP contribution in [0, 0.1) is 0 Å². The van der Waals surface area contributed by atoms with Crippen LogP contribution in [0.4, 0.5) is 4.79 Å². The maximum atomic E-state index is 12.1. The lowest BCUT2D eigenvalue weighted by Crippen LogP contribution is -2.49. The van der Waals surface area contributed by atoms with E-state index in [4.69, 9.17) is 9.47 Å². The molecule has 1 amide bonds. The number of likely N-dealkylation sites (tertiary alicyclic amines) is 1. The highest BCUT2D eigenvalue weighted by Crippen LogP contribution is 2.34. The van der Waals surface area contributed by atoms with Crippen LogP contribution in [0.2, 0.25) is 0 Å². The number of nitrogens with one attached hydrogen (secondary N) is 1. The van der Waals surface area contributed by atoms with E-state index in [1.807, 2.05) is 6.07 Å². The predicted octanol–water partition coefficient (Wildman–Crippen LogP) is 2.49. The lowest BCUT2D eigenvalue weighted by atomic mass is 9.83. The number of carbonyl (C=O) groups excluding carboxylic acids is 1. The first-order valence-electron chi connectivity index (χ1n) is 9.86. The number of amides is 1. The fourth-order valence-corrected chi connectivity index (χ4v) is 5.16. The van der Waals surface area contributed by atoms with Gasteiger partial charge in [0.15, 0.2) is 0 Å². The first kappa shape index (κ1) is 21.1. The number of hydrogen-bond acceptors (Lipinski definition) is 5. The van der Waals surface area contributed by atoms with Crippen molar-refractivity contribution in [3.63, 3.8) is 0 Å². The molecule has 1 heterocycles. The number of nitrogens with zero attached hydrogens (tertiary/aromatic N) is 1. The van der Waals surface area contributed by atoms with Gasteiger partial charge in [-0.1, -0.05) is 30.3 Å². The van der Waals surface area contributed by atoms with Crippen molar-refractivity contribution in [1.82, 2.24) is 9.62 Å². The van der Waals surface area contributed by atoms with E-state index in [1.54, 1.807) is 4.90 Å². The largest absolute Gasteiger partial charge is 0.453 e. The van der Waals surface area contributed by atoms with Gasteiger partial charge in [-0.3, -0.25) is 0 Å². The third kappa shape index (κ3) is 5.46. The van der Waals surface area contributed by atoms with Crippen LogP contribution in [0.1, 0.15) is 43.6 Å². The highest BCUT2D eigenvalue weighted by atomic mass is 32.2. The zero-order chi connectivity index (χ0) is 20.1. The highest BCUT2D eigenvalue weighted by Gasteiger charge is 2.39. The Bertz CT molecular complexity index is 747. The Morgan fingerprint density at radius 3 is 2.43 bits per heavy atom. The number of hydrogen-bond donors (Lipinski definition) is 1. The van der Waals surface area contributed by atoms with E-state index in [2.05, 4.69) is 29.0 Å². The molecule has 2 atom stereocenters. The van der Waals surface area contributed by atoms with Crippen LogP contribution < -0.4 is 4.72 Å². The molecule has 0 radical (unpaired) electrons. The molecule has 28 heavy (non-hydrogen) atoms. The number of sulfonamides is 1. The third-order valence-corrected chi connectivity index (χ3v) is 6.50. The summed E-state index contributed by atoms with van der Waals surface area (Å²) >= 11 is 0. The number of methoxy groups -OCH3 is 1. The van der Waals surface area contributed by atoms with Crippen molar-refractivity contribution in [2.75, 3.05) is 26.5 Å². The molecule has 8 heteroatoms. The van der Waals surface area contributed by atoms with Crippen molar-refractivity contribution in [2.24, 2.45) is 0 Å². The van der Waals surface area contributed by atoms with Gasteiger partial charge in [-0.15, -0.1) is 0 Å². The average Bonchev–Trinajstić information content (AvgIpc) is 3.07. The summed E-state index contributed by atoms with van der Waals surface area (Å²) in [6.45, 7) is 0.761. The predicted molar refractivity (Wildman–Crippen MR) is 107 cm³/mol. The highest BCUT2D eigenvalue weighted by molar-refractivity contribution is 7.88. The summed E-state index contributed by atoms with van der Waals surface area (Å²) < 4.78 is 37.0. The molecule has 1 aromatic rings. The molecular weight excluding hydrogens is 380 g/mol. The van der Waals surface area contributed by atoms with Crippen LogP contribution in [-0.4, -0.2) is 64.1 Å². The smallest absolute Gasteiger partial charge is 0.409 e. The monoisotopic (exact) mass is 410 g/mol. The molecule has 2 aliphatic rings. The van der Waals surface area contributed by atoms with Crippen molar-refractivity contribution in [2.45, 2.75) is 56.2 Å². The van der Waals surface area contributed by atoms with Crippen molar-refractivity contribution < 1.29 is 22.7 Å². The van der Waals surface area contributed by atoms with Crippen molar-refractivity contribution in [3.8, 4) is 0 Å². The Kier molecular flexibility index (Phi) is 6.95. The van der Waals surface area contributed by atoms with Gasteiger partial charge in [-0.25, -0.2) is 17.9 Å². The van der Waals surface area contributed by atoms with Crippen molar-refractivity contribution in [1.29, 1.82) is 0 Å². The molecule has 1 aliphatic heterocycles. The molecule has 1 N–H and O–H groups in total. The van der Waals surface area contributed by atoms with Crippen LogP contribution >= 0.6 is 0 Å². The molecule has 2 fully saturated rings. The van der Waals surface area contributed by atoms with Gasteiger partial charge >= 0.3 is 6.09 Å². The van der Waals surface area contributed by atoms with E-state index in [0.29, 0.717) is 25.5 Å². The van der Waals surface area contributed by atoms with Crippen molar-refractivity contribution >= 4 is 16.1 Å². The standard InChI is InChI=1S/C20H30N2O5S/c1-26-20(23)22-13-12-18(21-28(2,24)25)19(22)14-27-17-10-8-16(9-11-17)15-6-4-3-5-7-15/h3-7,16-19,21H,8-14H2,1-2H3/t16?,17?,18-,19-/m0/s1. The zero-order valence-corrected chi connectivity index (χ0v) is 17.4. The first-order chi connectivity index (χ1) is 13.4. The summed E-state index contributed by atoms with van der Waals surface area (Å²) in [7, 11) is -2.03. The van der Waals surface area contributed by atoms with E-state index < -0.39 is 16.1 Å². The SMILES string of the molecule is COC(=O)N1CC[C@H](NS(C)(=O)=O)[C@@H]1COC1CCC(c2ccccc2)CC1. The van der Waals surface area contributed by atoms with Crippen molar-refractivity contribution in [3.05, 3.63) is 35.9 Å². The number of rotatable bonds is 6. The molecule has 1 saturated carbocycles. The van der Waals surface area contributed by atoms with Crippen LogP contribution in [0.25, 0.3) is 0 Å². The molecule has 0 spiro atoms. The van der Waals surface area contributed by atoms with Crippen LogP contribution in [0.5, 0.6) is 0 Å². The fraction of sp³-hybridized carbons (Fsp3) is 0.650. The molecule has 7 nitrogen and oxygen atoms in total. The van der Waals surface area contributed by atoms with E-state index >= 15 is 0 Å². The van der Waals surface area contributed by atoms with Crippen LogP contribution in [0.3, 0.4) is 0 Å². The summed E-state index contributed by atoms with van der Waals surface area (Å²) in [5.41, 5.74) is 1.38.